The lowest BCUT2D eigenvalue weighted by Gasteiger charge is -2.34. The molecule has 2 aliphatic heterocycles. The molecule has 27 heavy (non-hydrogen) atoms. The highest BCUT2D eigenvalue weighted by Gasteiger charge is 2.46. The molecule has 0 saturated carbocycles. The van der Waals surface area contributed by atoms with Crippen LogP contribution < -0.4 is 5.32 Å². The topological polar surface area (TPSA) is 84.4 Å². The number of ether oxygens (including phenoxy) is 1. The van der Waals surface area contributed by atoms with Gasteiger partial charge in [0.05, 0.1) is 30.9 Å². The van der Waals surface area contributed by atoms with Gasteiger partial charge in [0.25, 0.3) is 0 Å². The third-order valence-corrected chi connectivity index (χ3v) is 5.23. The van der Waals surface area contributed by atoms with E-state index < -0.39 is 0 Å². The summed E-state index contributed by atoms with van der Waals surface area (Å²) in [6.07, 6.45) is 2.63. The Bertz CT molecular complexity index is 871. The molecule has 7 nitrogen and oxygen atoms in total. The Balaban J connectivity index is 1.61. The van der Waals surface area contributed by atoms with Crippen molar-refractivity contribution in [2.45, 2.75) is 25.4 Å². The molecule has 1 N–H and O–H groups in total. The van der Waals surface area contributed by atoms with Gasteiger partial charge in [0.15, 0.2) is 5.82 Å². The second-order valence-corrected chi connectivity index (χ2v) is 7.18. The molecule has 0 unspecified atom stereocenters. The third-order valence-electron chi connectivity index (χ3n) is 5.23. The summed E-state index contributed by atoms with van der Waals surface area (Å²) >= 11 is 0. The maximum absolute atomic E-state index is 12.4. The van der Waals surface area contributed by atoms with Gasteiger partial charge in [0.2, 0.25) is 11.8 Å². The number of nitrogens with zero attached hydrogens (tertiary/aromatic N) is 3. The van der Waals surface area contributed by atoms with Crippen molar-refractivity contribution in [3.8, 4) is 11.4 Å². The summed E-state index contributed by atoms with van der Waals surface area (Å²) in [5, 5.41) is 2.58. The summed E-state index contributed by atoms with van der Waals surface area (Å²) in [7, 11) is 0. The maximum Gasteiger partial charge on any atom is 0.241 e. The van der Waals surface area contributed by atoms with Gasteiger partial charge in [-0.15, -0.1) is 0 Å². The van der Waals surface area contributed by atoms with E-state index in [1.165, 1.54) is 6.92 Å². The van der Waals surface area contributed by atoms with Crippen LogP contribution in [0.15, 0.2) is 36.5 Å². The van der Waals surface area contributed by atoms with Gasteiger partial charge in [0, 0.05) is 37.3 Å². The van der Waals surface area contributed by atoms with Gasteiger partial charge in [-0.2, -0.15) is 0 Å². The monoisotopic (exact) mass is 366 g/mol. The molecule has 1 aromatic carbocycles. The Morgan fingerprint density at radius 3 is 2.89 bits per heavy atom. The Kier molecular flexibility index (Phi) is 4.61. The van der Waals surface area contributed by atoms with Crippen LogP contribution in [-0.2, 0) is 26.3 Å². The number of hydrogen-bond acceptors (Lipinski definition) is 5. The number of hydrogen-bond donors (Lipinski definition) is 1. The molecule has 0 radical (unpaired) electrons. The number of likely N-dealkylation sites (tertiary alicyclic amines) is 1. The van der Waals surface area contributed by atoms with Crippen molar-refractivity contribution in [2.75, 3.05) is 26.2 Å². The molecule has 3 heterocycles. The highest BCUT2D eigenvalue weighted by molar-refractivity contribution is 5.84. The summed E-state index contributed by atoms with van der Waals surface area (Å²) in [6.45, 7) is 3.64. The van der Waals surface area contributed by atoms with Crippen LogP contribution in [0.2, 0.25) is 0 Å². The zero-order valence-electron chi connectivity index (χ0n) is 15.3. The number of rotatable bonds is 3. The van der Waals surface area contributed by atoms with Crippen LogP contribution >= 0.6 is 0 Å². The molecule has 0 aliphatic carbocycles. The number of benzene rings is 1. The predicted octanol–water partition coefficient (Wildman–Crippen LogP) is 1.28. The fourth-order valence-electron chi connectivity index (χ4n) is 3.83. The molecule has 1 aromatic heterocycles. The van der Waals surface area contributed by atoms with E-state index in [0.29, 0.717) is 32.1 Å². The van der Waals surface area contributed by atoms with E-state index in [2.05, 4.69) is 10.3 Å². The Morgan fingerprint density at radius 1 is 1.30 bits per heavy atom. The van der Waals surface area contributed by atoms with E-state index in [4.69, 9.17) is 9.72 Å². The van der Waals surface area contributed by atoms with Crippen molar-refractivity contribution < 1.29 is 14.3 Å². The van der Waals surface area contributed by atoms with E-state index in [9.17, 15) is 9.59 Å². The Morgan fingerprint density at radius 2 is 2.11 bits per heavy atom. The van der Waals surface area contributed by atoms with E-state index in [1.807, 2.05) is 36.5 Å². The van der Waals surface area contributed by atoms with E-state index in [0.717, 1.165) is 23.2 Å². The van der Waals surface area contributed by atoms with E-state index in [1.54, 1.807) is 4.90 Å². The normalized spacial score (nSPS) is 21.1. The minimum absolute atomic E-state index is 0.0260. The van der Waals surface area contributed by atoms with Crippen LogP contribution in [0.4, 0.5) is 0 Å². The van der Waals surface area contributed by atoms with Crippen molar-refractivity contribution in [2.24, 2.45) is 0 Å². The molecule has 0 bridgehead atoms. The van der Waals surface area contributed by atoms with Crippen molar-refractivity contribution >= 4 is 11.8 Å². The van der Waals surface area contributed by atoms with Gasteiger partial charge in [-0.1, -0.05) is 30.3 Å². The van der Waals surface area contributed by atoms with Crippen molar-refractivity contribution in [1.29, 1.82) is 0 Å². The summed E-state index contributed by atoms with van der Waals surface area (Å²) in [5.74, 6) is 0.411. The Labute approximate surface area is 157 Å². The second-order valence-electron chi connectivity index (χ2n) is 7.18. The van der Waals surface area contributed by atoms with Crippen LogP contribution in [0.1, 0.15) is 24.6 Å². The number of carbonyl (C=O) groups is 2. The number of nitrogens with one attached hydrogen (secondary N) is 1. The van der Waals surface area contributed by atoms with Crippen LogP contribution in [0.25, 0.3) is 11.4 Å². The van der Waals surface area contributed by atoms with Crippen molar-refractivity contribution in [1.82, 2.24) is 20.2 Å². The average molecular weight is 366 g/mol. The first-order valence-electron chi connectivity index (χ1n) is 9.09. The molecule has 2 aromatic rings. The smallest absolute Gasteiger partial charge is 0.241 e. The van der Waals surface area contributed by atoms with Crippen molar-refractivity contribution in [3.05, 3.63) is 47.8 Å². The third kappa shape index (κ3) is 3.42. The fraction of sp³-hybridized carbons (Fsp3) is 0.400. The van der Waals surface area contributed by atoms with E-state index >= 15 is 0 Å². The first-order chi connectivity index (χ1) is 13.1. The first-order valence-corrected chi connectivity index (χ1v) is 9.09. The van der Waals surface area contributed by atoms with Crippen LogP contribution in [0, 0.1) is 0 Å². The molecule has 7 heteroatoms. The predicted molar refractivity (Wildman–Crippen MR) is 98.7 cm³/mol. The Hall–Kier alpha value is -2.80. The van der Waals surface area contributed by atoms with Gasteiger partial charge < -0.3 is 15.0 Å². The summed E-state index contributed by atoms with van der Waals surface area (Å²) < 4.78 is 5.82. The minimum Gasteiger partial charge on any atom is -0.376 e. The number of aromatic nitrogens is 2. The highest BCUT2D eigenvalue weighted by Crippen LogP contribution is 2.39. The van der Waals surface area contributed by atoms with Gasteiger partial charge >= 0.3 is 0 Å². The number of fused-ring (bicyclic) bond motifs is 2. The van der Waals surface area contributed by atoms with Gasteiger partial charge in [-0.25, -0.2) is 9.97 Å². The summed E-state index contributed by atoms with van der Waals surface area (Å²) in [5.41, 5.74) is 2.62. The zero-order valence-corrected chi connectivity index (χ0v) is 15.3. The molecular weight excluding hydrogens is 344 g/mol. The molecule has 2 aliphatic rings. The van der Waals surface area contributed by atoms with Crippen LogP contribution in [0.3, 0.4) is 0 Å². The van der Waals surface area contributed by atoms with Crippen LogP contribution in [-0.4, -0.2) is 52.9 Å². The number of carbonyl (C=O) groups excluding carboxylic acids is 2. The molecule has 1 fully saturated rings. The quantitative estimate of drug-likeness (QED) is 0.885. The SMILES string of the molecule is CC(=O)NCC(=O)N1CC[C@@]2(COCc3cnc(-c4ccccc4)nc32)C1. The molecule has 2 amide bonds. The summed E-state index contributed by atoms with van der Waals surface area (Å²) in [6, 6.07) is 9.88. The summed E-state index contributed by atoms with van der Waals surface area (Å²) in [4.78, 5) is 34.7. The van der Waals surface area contributed by atoms with Crippen molar-refractivity contribution in [3.63, 3.8) is 0 Å². The van der Waals surface area contributed by atoms with Crippen LogP contribution in [0.5, 0.6) is 0 Å². The van der Waals surface area contributed by atoms with E-state index in [-0.39, 0.29) is 23.8 Å². The first kappa shape index (κ1) is 17.6. The standard InChI is InChI=1S/C20H22N4O3/c1-14(25)21-10-17(26)24-8-7-20(12-24)13-27-11-16-9-22-19(23-18(16)20)15-5-3-2-4-6-15/h2-6,9H,7-8,10-13H2,1H3,(H,21,25)/t20-/m0/s1. The molecule has 4 rings (SSSR count). The fourth-order valence-corrected chi connectivity index (χ4v) is 3.83. The molecule has 140 valence electrons. The molecule has 1 atom stereocenters. The lowest BCUT2D eigenvalue weighted by atomic mass is 9.80. The maximum atomic E-state index is 12.4. The van der Waals surface area contributed by atoms with Gasteiger partial charge in [-0.3, -0.25) is 9.59 Å². The molecule has 1 spiro atoms. The van der Waals surface area contributed by atoms with Gasteiger partial charge in [-0.05, 0) is 6.42 Å². The highest BCUT2D eigenvalue weighted by atomic mass is 16.5. The lowest BCUT2D eigenvalue weighted by molar-refractivity contribution is -0.131. The lowest BCUT2D eigenvalue weighted by Crippen LogP contribution is -2.44. The zero-order chi connectivity index (χ0) is 18.9. The largest absolute Gasteiger partial charge is 0.376 e. The minimum atomic E-state index is -0.314. The average Bonchev–Trinajstić information content (AvgIpc) is 3.12. The second kappa shape index (κ2) is 7.08. The molecular formula is C20H22N4O3. The number of amides is 2. The van der Waals surface area contributed by atoms with Gasteiger partial charge in [0.1, 0.15) is 0 Å². The molecule has 1 saturated heterocycles.